The molecule has 2 aromatic rings. The van der Waals surface area contributed by atoms with Crippen molar-refractivity contribution in [2.24, 2.45) is 0 Å². The molecule has 11 heteroatoms. The second-order valence-electron chi connectivity index (χ2n) is 6.16. The van der Waals surface area contributed by atoms with Gasteiger partial charge in [0.15, 0.2) is 19.7 Å². The van der Waals surface area contributed by atoms with E-state index in [0.29, 0.717) is 5.69 Å². The van der Waals surface area contributed by atoms with Crippen LogP contribution >= 0.6 is 15.9 Å². The molecule has 1 unspecified atom stereocenters. The summed E-state index contributed by atoms with van der Waals surface area (Å²) in [6.07, 6.45) is 0.0127. The van der Waals surface area contributed by atoms with Crippen LogP contribution in [0.15, 0.2) is 62.8 Å². The predicted octanol–water partition coefficient (Wildman–Crippen LogP) is 2.21. The fourth-order valence-corrected chi connectivity index (χ4v) is 8.60. The molecule has 2 aromatic carbocycles. The highest BCUT2D eigenvalue weighted by Crippen LogP contribution is 2.27. The number of sulfone groups is 2. The molecule has 0 saturated carbocycles. The van der Waals surface area contributed by atoms with Gasteiger partial charge in [-0.1, -0.05) is 22.0 Å². The van der Waals surface area contributed by atoms with E-state index in [4.69, 9.17) is 0 Å². The first-order valence-electron chi connectivity index (χ1n) is 7.82. The van der Waals surface area contributed by atoms with Crippen molar-refractivity contribution in [2.75, 3.05) is 16.2 Å². The predicted molar refractivity (Wildman–Crippen MR) is 106 cm³/mol. The molecule has 1 heterocycles. The Morgan fingerprint density at radius 3 is 2.19 bits per heavy atom. The second-order valence-corrected chi connectivity index (χ2v) is 13.2. The molecule has 1 aliphatic rings. The number of sulfonamides is 1. The van der Waals surface area contributed by atoms with E-state index in [0.717, 1.165) is 10.5 Å². The lowest BCUT2D eigenvalue weighted by molar-refractivity contribution is 0.582. The molecule has 1 aliphatic heterocycles. The SMILES string of the molecule is O=S1(=O)CCC(S(=O)(=O)c2cccc(S(=O)(=O)Nc3ccc(Br)cc3)c2)C1. The Bertz CT molecular complexity index is 1170. The van der Waals surface area contributed by atoms with Gasteiger partial charge < -0.3 is 0 Å². The van der Waals surface area contributed by atoms with E-state index in [2.05, 4.69) is 20.7 Å². The molecular formula is C16H16BrNO6S3. The summed E-state index contributed by atoms with van der Waals surface area (Å²) in [5, 5.41) is -1.06. The maximum atomic E-state index is 12.7. The van der Waals surface area contributed by atoms with Crippen LogP contribution in [-0.2, 0) is 29.7 Å². The number of nitrogens with one attached hydrogen (secondary N) is 1. The van der Waals surface area contributed by atoms with Crippen LogP contribution in [0.5, 0.6) is 0 Å². The van der Waals surface area contributed by atoms with Gasteiger partial charge in [0.05, 0.1) is 26.5 Å². The van der Waals surface area contributed by atoms with Gasteiger partial charge in [0.25, 0.3) is 10.0 Å². The van der Waals surface area contributed by atoms with Crippen molar-refractivity contribution in [1.29, 1.82) is 0 Å². The van der Waals surface area contributed by atoms with Crippen LogP contribution in [0, 0.1) is 0 Å². The zero-order chi connectivity index (χ0) is 19.9. The molecule has 1 fully saturated rings. The summed E-state index contributed by atoms with van der Waals surface area (Å²) in [6, 6.07) is 11.4. The molecule has 7 nitrogen and oxygen atoms in total. The fraction of sp³-hybridized carbons (Fsp3) is 0.250. The van der Waals surface area contributed by atoms with E-state index >= 15 is 0 Å². The van der Waals surface area contributed by atoms with Crippen LogP contribution in [0.1, 0.15) is 6.42 Å². The molecule has 1 saturated heterocycles. The van der Waals surface area contributed by atoms with Crippen molar-refractivity contribution in [3.63, 3.8) is 0 Å². The van der Waals surface area contributed by atoms with E-state index in [-0.39, 0.29) is 22.0 Å². The summed E-state index contributed by atoms with van der Waals surface area (Å²) in [6.45, 7) is 0. The van der Waals surface area contributed by atoms with Gasteiger partial charge in [-0.05, 0) is 48.9 Å². The molecule has 146 valence electrons. The van der Waals surface area contributed by atoms with Crippen molar-refractivity contribution in [1.82, 2.24) is 0 Å². The van der Waals surface area contributed by atoms with Crippen molar-refractivity contribution >= 4 is 51.3 Å². The molecule has 1 atom stereocenters. The Morgan fingerprint density at radius 1 is 0.963 bits per heavy atom. The highest BCUT2D eigenvalue weighted by Gasteiger charge is 2.38. The first-order chi connectivity index (χ1) is 12.5. The third-order valence-corrected chi connectivity index (χ3v) is 10.2. The standard InChI is InChI=1S/C16H16BrNO6S3/c17-12-4-6-13(7-5-12)18-27(23,24)15-3-1-2-14(10-15)26(21,22)16-8-9-25(19,20)11-16/h1-7,10,16,18H,8-9,11H2. The number of halogens is 1. The van der Waals surface area contributed by atoms with Gasteiger partial charge in [-0.15, -0.1) is 0 Å². The van der Waals surface area contributed by atoms with Crippen molar-refractivity contribution in [2.45, 2.75) is 21.5 Å². The molecule has 0 spiro atoms. The van der Waals surface area contributed by atoms with Gasteiger partial charge in [0.1, 0.15) is 0 Å². The van der Waals surface area contributed by atoms with Crippen LogP contribution in [-0.4, -0.2) is 42.0 Å². The quantitative estimate of drug-likeness (QED) is 0.682. The summed E-state index contributed by atoms with van der Waals surface area (Å²) >= 11 is 3.25. The zero-order valence-electron chi connectivity index (χ0n) is 13.9. The third-order valence-electron chi connectivity index (χ3n) is 4.17. The Kier molecular flexibility index (Phi) is 5.41. The molecule has 0 radical (unpaired) electrons. The molecule has 27 heavy (non-hydrogen) atoms. The van der Waals surface area contributed by atoms with E-state index in [1.165, 1.54) is 18.2 Å². The smallest absolute Gasteiger partial charge is 0.261 e. The fourth-order valence-electron chi connectivity index (χ4n) is 2.75. The summed E-state index contributed by atoms with van der Waals surface area (Å²) < 4.78 is 76.9. The first kappa shape index (κ1) is 20.3. The molecule has 0 aromatic heterocycles. The summed E-state index contributed by atoms with van der Waals surface area (Å²) in [5.41, 5.74) is 0.327. The zero-order valence-corrected chi connectivity index (χ0v) is 17.9. The molecule has 0 aliphatic carbocycles. The van der Waals surface area contributed by atoms with Crippen LogP contribution in [0.3, 0.4) is 0 Å². The average molecular weight is 494 g/mol. The molecular weight excluding hydrogens is 478 g/mol. The normalized spacial score (nSPS) is 19.7. The van der Waals surface area contributed by atoms with Gasteiger partial charge >= 0.3 is 0 Å². The number of benzene rings is 2. The van der Waals surface area contributed by atoms with Gasteiger partial charge in [-0.25, -0.2) is 25.3 Å². The monoisotopic (exact) mass is 493 g/mol. The lowest BCUT2D eigenvalue weighted by Gasteiger charge is -2.12. The van der Waals surface area contributed by atoms with Gasteiger partial charge in [0.2, 0.25) is 0 Å². The summed E-state index contributed by atoms with van der Waals surface area (Å²) in [4.78, 5) is -0.421. The van der Waals surface area contributed by atoms with Crippen LogP contribution in [0.2, 0.25) is 0 Å². The Balaban J connectivity index is 1.92. The molecule has 1 N–H and O–H groups in total. The van der Waals surface area contributed by atoms with E-state index in [1.54, 1.807) is 24.3 Å². The average Bonchev–Trinajstić information content (AvgIpc) is 2.98. The van der Waals surface area contributed by atoms with Gasteiger partial charge in [-0.2, -0.15) is 0 Å². The van der Waals surface area contributed by atoms with Crippen molar-refractivity contribution < 1.29 is 25.3 Å². The van der Waals surface area contributed by atoms with Crippen molar-refractivity contribution in [3.05, 3.63) is 53.0 Å². The molecule has 0 amide bonds. The van der Waals surface area contributed by atoms with Crippen LogP contribution < -0.4 is 4.72 Å². The highest BCUT2D eigenvalue weighted by molar-refractivity contribution is 9.10. The largest absolute Gasteiger partial charge is 0.280 e. The minimum Gasteiger partial charge on any atom is -0.280 e. The topological polar surface area (TPSA) is 114 Å². The molecule has 3 rings (SSSR count). The van der Waals surface area contributed by atoms with E-state index < -0.39 is 40.7 Å². The number of hydrogen-bond acceptors (Lipinski definition) is 6. The van der Waals surface area contributed by atoms with Gasteiger partial charge in [0, 0.05) is 10.2 Å². The minimum atomic E-state index is -4.00. The molecule has 0 bridgehead atoms. The lowest BCUT2D eigenvalue weighted by Crippen LogP contribution is -2.23. The lowest BCUT2D eigenvalue weighted by atomic mass is 10.3. The second kappa shape index (κ2) is 7.19. The Hall–Kier alpha value is -1.43. The highest BCUT2D eigenvalue weighted by atomic mass is 79.9. The first-order valence-corrected chi connectivity index (χ1v) is 13.5. The van der Waals surface area contributed by atoms with E-state index in [1.807, 2.05) is 0 Å². The number of hydrogen-bond donors (Lipinski definition) is 1. The minimum absolute atomic E-state index is 0.0127. The summed E-state index contributed by atoms with van der Waals surface area (Å²) in [7, 11) is -11.3. The Labute approximate surface area is 166 Å². The number of anilines is 1. The van der Waals surface area contributed by atoms with Crippen molar-refractivity contribution in [3.8, 4) is 0 Å². The maximum Gasteiger partial charge on any atom is 0.261 e. The Morgan fingerprint density at radius 2 is 1.59 bits per heavy atom. The van der Waals surface area contributed by atoms with Crippen LogP contribution in [0.4, 0.5) is 5.69 Å². The number of rotatable bonds is 5. The van der Waals surface area contributed by atoms with Gasteiger partial charge in [-0.3, -0.25) is 4.72 Å². The van der Waals surface area contributed by atoms with E-state index in [9.17, 15) is 25.3 Å². The van der Waals surface area contributed by atoms with Crippen LogP contribution in [0.25, 0.3) is 0 Å². The summed E-state index contributed by atoms with van der Waals surface area (Å²) in [5.74, 6) is -0.622. The maximum absolute atomic E-state index is 12.7. The third kappa shape index (κ3) is 4.53.